The fourth-order valence-corrected chi connectivity index (χ4v) is 5.46. The number of imide groups is 3. The van der Waals surface area contributed by atoms with E-state index in [1.54, 1.807) is 12.1 Å². The fraction of sp³-hybridized carbons (Fsp3) is 0.458. The summed E-state index contributed by atoms with van der Waals surface area (Å²) in [5, 5.41) is 10.00. The van der Waals surface area contributed by atoms with Gasteiger partial charge in [-0.2, -0.15) is 4.90 Å². The zero-order valence-corrected chi connectivity index (χ0v) is 19.0. The molecule has 0 saturated carbocycles. The van der Waals surface area contributed by atoms with E-state index in [-0.39, 0.29) is 17.8 Å². The third-order valence-corrected chi connectivity index (χ3v) is 7.02. The molecule has 2 heterocycles. The number of carbonyl (C=O) groups excluding carboxylic acids is 3. The van der Waals surface area contributed by atoms with Gasteiger partial charge in [0.1, 0.15) is 5.75 Å². The molecule has 170 valence electrons. The molecule has 2 aliphatic heterocycles. The van der Waals surface area contributed by atoms with Crippen molar-refractivity contribution in [3.8, 4) is 5.75 Å². The maximum atomic E-state index is 12.9. The summed E-state index contributed by atoms with van der Waals surface area (Å²) in [5.74, 6) is -2.13. The number of amides is 3. The number of carbonyl (C=O) groups is 3. The highest BCUT2D eigenvalue weighted by Gasteiger charge is 2.58. The number of halogens is 1. The molecular formula is C24H26ClNO6. The van der Waals surface area contributed by atoms with Crippen molar-refractivity contribution in [1.82, 2.24) is 4.90 Å². The van der Waals surface area contributed by atoms with Crippen LogP contribution in [0.25, 0.3) is 6.08 Å². The largest absolute Gasteiger partial charge is 0.508 e. The van der Waals surface area contributed by atoms with Gasteiger partial charge in [-0.15, -0.1) is 0 Å². The van der Waals surface area contributed by atoms with Crippen LogP contribution in [0.5, 0.6) is 5.75 Å². The first-order valence-corrected chi connectivity index (χ1v) is 11.0. The number of fused-ring (bicyclic) bond motifs is 3. The number of allylic oxidation sites excluding steroid dienone is 2. The van der Waals surface area contributed by atoms with E-state index in [1.165, 1.54) is 6.07 Å². The van der Waals surface area contributed by atoms with Gasteiger partial charge >= 0.3 is 6.09 Å². The molecule has 7 nitrogen and oxygen atoms in total. The molecule has 1 aromatic carbocycles. The minimum Gasteiger partial charge on any atom is -0.508 e. The Hall–Kier alpha value is -2.64. The number of aromatic hydroxyl groups is 1. The molecule has 8 heteroatoms. The minimum absolute atomic E-state index is 0.124. The number of rotatable bonds is 4. The molecule has 0 radical (unpaired) electrons. The second-order valence-electron chi connectivity index (χ2n) is 8.72. The van der Waals surface area contributed by atoms with Gasteiger partial charge in [0.15, 0.2) is 0 Å². The molecule has 2 fully saturated rings. The van der Waals surface area contributed by atoms with E-state index in [2.05, 4.69) is 4.74 Å². The highest BCUT2D eigenvalue weighted by atomic mass is 35.5. The number of benzene rings is 1. The zero-order chi connectivity index (χ0) is 23.2. The predicted molar refractivity (Wildman–Crippen MR) is 118 cm³/mol. The number of phenols is 1. The van der Waals surface area contributed by atoms with Crippen molar-refractivity contribution >= 4 is 35.6 Å². The average molecular weight is 460 g/mol. The Bertz CT molecular complexity index is 1040. The third-order valence-electron chi connectivity index (χ3n) is 6.70. The molecular weight excluding hydrogens is 434 g/mol. The molecule has 0 aromatic heterocycles. The fourth-order valence-electron chi connectivity index (χ4n) is 5.23. The zero-order valence-electron chi connectivity index (χ0n) is 18.3. The van der Waals surface area contributed by atoms with Crippen LogP contribution in [0.4, 0.5) is 4.79 Å². The Morgan fingerprint density at radius 1 is 1.31 bits per heavy atom. The Balaban J connectivity index is 1.49. The van der Waals surface area contributed by atoms with E-state index in [9.17, 15) is 19.5 Å². The number of hydrogen-bond donors (Lipinski definition) is 1. The van der Waals surface area contributed by atoms with E-state index in [1.807, 2.05) is 19.9 Å². The third kappa shape index (κ3) is 3.84. The minimum atomic E-state index is -0.919. The van der Waals surface area contributed by atoms with E-state index >= 15 is 0 Å². The SMILES string of the molecule is COC(=O)N1C(=O)[C@@H]2[C@@H](CC(C)=C3[C@@H](CC/C(C)=C/c4ccc(O)cc4Cl)OC[C@@H]32)C1=O. The Kier molecular flexibility index (Phi) is 6.14. The van der Waals surface area contributed by atoms with Crippen molar-refractivity contribution < 1.29 is 29.0 Å². The number of likely N-dealkylation sites (tertiary alicyclic amines) is 1. The molecule has 2 saturated heterocycles. The number of methoxy groups -OCH3 is 1. The van der Waals surface area contributed by atoms with Gasteiger partial charge in [-0.25, -0.2) is 4.79 Å². The van der Waals surface area contributed by atoms with Crippen LogP contribution in [-0.2, 0) is 19.1 Å². The lowest BCUT2D eigenvalue weighted by Gasteiger charge is -2.30. The molecule has 0 unspecified atom stereocenters. The predicted octanol–water partition coefficient (Wildman–Crippen LogP) is 4.33. The second kappa shape index (κ2) is 8.71. The highest BCUT2D eigenvalue weighted by molar-refractivity contribution is 6.32. The Labute approximate surface area is 191 Å². The van der Waals surface area contributed by atoms with Gasteiger partial charge in [0, 0.05) is 5.92 Å². The van der Waals surface area contributed by atoms with Crippen molar-refractivity contribution in [3.05, 3.63) is 45.5 Å². The maximum absolute atomic E-state index is 12.9. The lowest BCUT2D eigenvalue weighted by molar-refractivity contribution is -0.137. The van der Waals surface area contributed by atoms with Gasteiger partial charge in [0.25, 0.3) is 0 Å². The van der Waals surface area contributed by atoms with Crippen LogP contribution in [0, 0.1) is 17.8 Å². The van der Waals surface area contributed by atoms with Crippen molar-refractivity contribution in [2.45, 2.75) is 39.2 Å². The van der Waals surface area contributed by atoms with Crippen molar-refractivity contribution in [2.24, 2.45) is 17.8 Å². The molecule has 1 aliphatic carbocycles. The van der Waals surface area contributed by atoms with Crippen LogP contribution in [-0.4, -0.2) is 47.7 Å². The van der Waals surface area contributed by atoms with E-state index in [0.717, 1.165) is 42.2 Å². The van der Waals surface area contributed by atoms with E-state index in [0.29, 0.717) is 23.0 Å². The Morgan fingerprint density at radius 3 is 2.75 bits per heavy atom. The van der Waals surface area contributed by atoms with Gasteiger partial charge in [-0.3, -0.25) is 9.59 Å². The molecule has 32 heavy (non-hydrogen) atoms. The lowest BCUT2D eigenvalue weighted by atomic mass is 9.70. The topological polar surface area (TPSA) is 93.1 Å². The number of nitrogens with zero attached hydrogens (tertiary/aromatic N) is 1. The Morgan fingerprint density at radius 2 is 2.06 bits per heavy atom. The number of phenolic OH excluding ortho intramolecular Hbond substituents is 1. The normalized spacial score (nSPS) is 27.6. The molecule has 1 aromatic rings. The quantitative estimate of drug-likeness (QED) is 0.532. The van der Waals surface area contributed by atoms with Gasteiger partial charge < -0.3 is 14.6 Å². The number of hydrogen-bond acceptors (Lipinski definition) is 6. The van der Waals surface area contributed by atoms with Gasteiger partial charge in [-0.1, -0.05) is 28.8 Å². The summed E-state index contributed by atoms with van der Waals surface area (Å²) in [6, 6.07) is 4.88. The summed E-state index contributed by atoms with van der Waals surface area (Å²) in [7, 11) is 1.16. The lowest BCUT2D eigenvalue weighted by Crippen LogP contribution is -2.37. The number of ether oxygens (including phenoxy) is 2. The molecule has 0 bridgehead atoms. The maximum Gasteiger partial charge on any atom is 0.423 e. The highest BCUT2D eigenvalue weighted by Crippen LogP contribution is 2.49. The van der Waals surface area contributed by atoms with Crippen LogP contribution in [0.15, 0.2) is 34.9 Å². The van der Waals surface area contributed by atoms with Crippen molar-refractivity contribution in [3.63, 3.8) is 0 Å². The summed E-state index contributed by atoms with van der Waals surface area (Å²) in [6.45, 7) is 4.36. The summed E-state index contributed by atoms with van der Waals surface area (Å²) in [5.41, 5.74) is 4.10. The molecule has 3 aliphatic rings. The van der Waals surface area contributed by atoms with Gasteiger partial charge in [-0.05, 0) is 62.4 Å². The van der Waals surface area contributed by atoms with Crippen molar-refractivity contribution in [1.29, 1.82) is 0 Å². The molecule has 3 amide bonds. The van der Waals surface area contributed by atoms with Crippen LogP contribution in [0.3, 0.4) is 0 Å². The first-order chi connectivity index (χ1) is 15.2. The summed E-state index contributed by atoms with van der Waals surface area (Å²) in [6.07, 6.45) is 2.89. The first kappa shape index (κ1) is 22.6. The second-order valence-corrected chi connectivity index (χ2v) is 9.12. The van der Waals surface area contributed by atoms with E-state index < -0.39 is 29.7 Å². The summed E-state index contributed by atoms with van der Waals surface area (Å²) < 4.78 is 10.7. The van der Waals surface area contributed by atoms with Gasteiger partial charge in [0.2, 0.25) is 11.8 Å². The summed E-state index contributed by atoms with van der Waals surface area (Å²) >= 11 is 6.20. The monoisotopic (exact) mass is 459 g/mol. The first-order valence-electron chi connectivity index (χ1n) is 10.7. The van der Waals surface area contributed by atoms with Crippen LogP contribution in [0.1, 0.15) is 38.7 Å². The standard InChI is InChI=1S/C24H26ClNO6/c1-12(8-14-5-6-15(27)10-18(14)25)4-7-19-20-13(2)9-16-21(17(20)11-32-19)23(29)26(22(16)28)24(30)31-3/h5-6,8,10,16-17,19,21,27H,4,7,9,11H2,1-3H3/b12-8+/t16-,17+,19-,21-/m1/s1. The van der Waals surface area contributed by atoms with Gasteiger partial charge in [0.05, 0.1) is 36.7 Å². The smallest absolute Gasteiger partial charge is 0.423 e. The van der Waals surface area contributed by atoms with Crippen molar-refractivity contribution in [2.75, 3.05) is 13.7 Å². The summed E-state index contributed by atoms with van der Waals surface area (Å²) in [4.78, 5) is 38.3. The van der Waals surface area contributed by atoms with E-state index in [4.69, 9.17) is 16.3 Å². The van der Waals surface area contributed by atoms with Crippen LogP contribution < -0.4 is 0 Å². The molecule has 4 rings (SSSR count). The average Bonchev–Trinajstić information content (AvgIpc) is 3.28. The molecule has 4 atom stereocenters. The van der Waals surface area contributed by atoms with Crippen LogP contribution >= 0.6 is 11.6 Å². The van der Waals surface area contributed by atoms with Crippen LogP contribution in [0.2, 0.25) is 5.02 Å². The molecule has 0 spiro atoms. The molecule has 1 N–H and O–H groups in total.